The molecular weight excluding hydrogens is 286 g/mol. The van der Waals surface area contributed by atoms with Gasteiger partial charge in [-0.2, -0.15) is 4.31 Å². The molecule has 1 aromatic carbocycles. The van der Waals surface area contributed by atoms with Crippen LogP contribution in [0.2, 0.25) is 0 Å². The van der Waals surface area contributed by atoms with Crippen LogP contribution in [0.25, 0.3) is 0 Å². The first kappa shape index (κ1) is 16.5. The fraction of sp³-hybridized carbons (Fsp3) is 0.625. The Hall–Kier alpha value is -0.910. The number of hydrogen-bond donors (Lipinski definition) is 1. The van der Waals surface area contributed by atoms with Crippen LogP contribution in [0.4, 0.5) is 0 Å². The number of nitrogens with zero attached hydrogens (tertiary/aromatic N) is 1. The molecule has 0 bridgehead atoms. The molecule has 0 aromatic heterocycles. The minimum atomic E-state index is -3.28. The fourth-order valence-electron chi connectivity index (χ4n) is 3.07. The molecule has 0 radical (unpaired) electrons. The van der Waals surface area contributed by atoms with E-state index < -0.39 is 10.0 Å². The number of aliphatic hydroxyl groups is 1. The SMILES string of the molecule is CCCC1CCCCN1S(=O)(=O)Cc1cccc(CO)c1. The number of sulfonamides is 1. The van der Waals surface area contributed by atoms with Crippen molar-refractivity contribution in [3.63, 3.8) is 0 Å². The van der Waals surface area contributed by atoms with Crippen molar-refractivity contribution in [2.45, 2.75) is 57.4 Å². The van der Waals surface area contributed by atoms with Crippen molar-refractivity contribution in [1.29, 1.82) is 0 Å². The van der Waals surface area contributed by atoms with Crippen LogP contribution in [0, 0.1) is 0 Å². The molecule has 1 fully saturated rings. The molecule has 1 heterocycles. The maximum Gasteiger partial charge on any atom is 0.218 e. The molecule has 5 heteroatoms. The van der Waals surface area contributed by atoms with Crippen molar-refractivity contribution >= 4 is 10.0 Å². The van der Waals surface area contributed by atoms with Crippen LogP contribution in [0.15, 0.2) is 24.3 Å². The third-order valence-corrected chi connectivity index (χ3v) is 5.97. The van der Waals surface area contributed by atoms with E-state index in [0.29, 0.717) is 6.54 Å². The maximum atomic E-state index is 12.7. The Morgan fingerprint density at radius 3 is 2.76 bits per heavy atom. The third-order valence-electron chi connectivity index (χ3n) is 4.08. The third kappa shape index (κ3) is 4.28. The van der Waals surface area contributed by atoms with E-state index in [0.717, 1.165) is 43.2 Å². The Bertz CT molecular complexity index is 554. The highest BCUT2D eigenvalue weighted by Crippen LogP contribution is 2.25. The second kappa shape index (κ2) is 7.38. The van der Waals surface area contributed by atoms with E-state index in [1.165, 1.54) is 0 Å². The monoisotopic (exact) mass is 311 g/mol. The maximum absolute atomic E-state index is 12.7. The van der Waals surface area contributed by atoms with Gasteiger partial charge in [-0.05, 0) is 30.4 Å². The number of aliphatic hydroxyl groups excluding tert-OH is 1. The molecule has 1 saturated heterocycles. The summed E-state index contributed by atoms with van der Waals surface area (Å²) in [5.74, 6) is 0.0288. The van der Waals surface area contributed by atoms with Gasteiger partial charge in [0.15, 0.2) is 0 Å². The topological polar surface area (TPSA) is 57.6 Å². The van der Waals surface area contributed by atoms with E-state index in [4.69, 9.17) is 5.11 Å². The minimum absolute atomic E-state index is 0.0288. The molecule has 2 rings (SSSR count). The second-order valence-corrected chi connectivity index (χ2v) is 7.70. The highest BCUT2D eigenvalue weighted by molar-refractivity contribution is 7.88. The summed E-state index contributed by atoms with van der Waals surface area (Å²) in [7, 11) is -3.28. The van der Waals surface area contributed by atoms with Gasteiger partial charge in [0.25, 0.3) is 0 Å². The zero-order valence-corrected chi connectivity index (χ0v) is 13.5. The minimum Gasteiger partial charge on any atom is -0.392 e. The molecular formula is C16H25NO3S. The van der Waals surface area contributed by atoms with Crippen molar-refractivity contribution in [2.24, 2.45) is 0 Å². The molecule has 1 atom stereocenters. The van der Waals surface area contributed by atoms with Crippen LogP contribution >= 0.6 is 0 Å². The van der Waals surface area contributed by atoms with E-state index >= 15 is 0 Å². The van der Waals surface area contributed by atoms with Gasteiger partial charge in [0.1, 0.15) is 0 Å². The Morgan fingerprint density at radius 1 is 1.29 bits per heavy atom. The Kier molecular flexibility index (Phi) is 5.79. The van der Waals surface area contributed by atoms with Crippen LogP contribution in [0.1, 0.15) is 50.2 Å². The lowest BCUT2D eigenvalue weighted by molar-refractivity contribution is 0.239. The largest absolute Gasteiger partial charge is 0.392 e. The molecule has 1 aliphatic rings. The fourth-order valence-corrected chi connectivity index (χ4v) is 4.91. The first-order chi connectivity index (χ1) is 10.1. The molecule has 0 spiro atoms. The molecule has 118 valence electrons. The van der Waals surface area contributed by atoms with Crippen LogP contribution in [0.3, 0.4) is 0 Å². The van der Waals surface area contributed by atoms with Crippen molar-refractivity contribution < 1.29 is 13.5 Å². The first-order valence-corrected chi connectivity index (χ1v) is 9.36. The highest BCUT2D eigenvalue weighted by Gasteiger charge is 2.31. The lowest BCUT2D eigenvalue weighted by Gasteiger charge is -2.34. The average molecular weight is 311 g/mol. The van der Waals surface area contributed by atoms with Gasteiger partial charge < -0.3 is 5.11 Å². The summed E-state index contributed by atoms with van der Waals surface area (Å²) in [4.78, 5) is 0. The van der Waals surface area contributed by atoms with Crippen molar-refractivity contribution in [3.8, 4) is 0 Å². The van der Waals surface area contributed by atoms with Crippen LogP contribution in [-0.2, 0) is 22.4 Å². The van der Waals surface area contributed by atoms with Crippen molar-refractivity contribution in [2.75, 3.05) is 6.54 Å². The first-order valence-electron chi connectivity index (χ1n) is 7.75. The van der Waals surface area contributed by atoms with E-state index in [1.54, 1.807) is 22.5 Å². The molecule has 4 nitrogen and oxygen atoms in total. The van der Waals surface area contributed by atoms with Crippen LogP contribution in [-0.4, -0.2) is 30.4 Å². The summed E-state index contributed by atoms with van der Waals surface area (Å²) in [6.07, 6.45) is 5.00. The number of benzene rings is 1. The van der Waals surface area contributed by atoms with Gasteiger partial charge in [0.2, 0.25) is 10.0 Å². The highest BCUT2D eigenvalue weighted by atomic mass is 32.2. The normalized spacial score (nSPS) is 20.6. The van der Waals surface area contributed by atoms with Crippen LogP contribution in [0.5, 0.6) is 0 Å². The molecule has 1 unspecified atom stereocenters. The lowest BCUT2D eigenvalue weighted by Crippen LogP contribution is -2.44. The van der Waals surface area contributed by atoms with E-state index in [2.05, 4.69) is 6.92 Å². The van der Waals surface area contributed by atoms with Gasteiger partial charge in [-0.15, -0.1) is 0 Å². The number of rotatable bonds is 6. The van der Waals surface area contributed by atoms with Gasteiger partial charge in [-0.25, -0.2) is 8.42 Å². The molecule has 1 aliphatic heterocycles. The Morgan fingerprint density at radius 2 is 2.05 bits per heavy atom. The van der Waals surface area contributed by atoms with Crippen molar-refractivity contribution in [3.05, 3.63) is 35.4 Å². The van der Waals surface area contributed by atoms with Gasteiger partial charge in [0, 0.05) is 12.6 Å². The standard InChI is InChI=1S/C16H25NO3S/c1-2-6-16-9-3-4-10-17(16)21(19,20)13-15-8-5-7-14(11-15)12-18/h5,7-8,11,16,18H,2-4,6,9-10,12-13H2,1H3. The zero-order chi connectivity index (χ0) is 15.3. The van der Waals surface area contributed by atoms with Crippen molar-refractivity contribution in [1.82, 2.24) is 4.31 Å². The zero-order valence-electron chi connectivity index (χ0n) is 12.7. The summed E-state index contributed by atoms with van der Waals surface area (Å²) in [5.41, 5.74) is 1.51. The van der Waals surface area contributed by atoms with E-state index in [-0.39, 0.29) is 18.4 Å². The molecule has 1 aromatic rings. The Labute approximate surface area is 127 Å². The second-order valence-electron chi connectivity index (χ2n) is 5.78. The van der Waals surface area contributed by atoms with Crippen LogP contribution < -0.4 is 0 Å². The van der Waals surface area contributed by atoms with Gasteiger partial charge in [-0.1, -0.05) is 44.0 Å². The lowest BCUT2D eigenvalue weighted by atomic mass is 10.0. The number of piperidine rings is 1. The predicted molar refractivity (Wildman–Crippen MR) is 84.2 cm³/mol. The summed E-state index contributed by atoms with van der Waals surface area (Å²) < 4.78 is 27.1. The summed E-state index contributed by atoms with van der Waals surface area (Å²) in [5, 5.41) is 9.16. The molecule has 0 amide bonds. The average Bonchev–Trinajstić information content (AvgIpc) is 2.48. The molecule has 21 heavy (non-hydrogen) atoms. The smallest absolute Gasteiger partial charge is 0.218 e. The molecule has 1 N–H and O–H groups in total. The van der Waals surface area contributed by atoms with Gasteiger partial charge in [-0.3, -0.25) is 0 Å². The number of hydrogen-bond acceptors (Lipinski definition) is 3. The summed E-state index contributed by atoms with van der Waals surface area (Å²) in [6.45, 7) is 2.69. The van der Waals surface area contributed by atoms with Gasteiger partial charge >= 0.3 is 0 Å². The van der Waals surface area contributed by atoms with E-state index in [1.807, 2.05) is 6.07 Å². The quantitative estimate of drug-likeness (QED) is 0.878. The predicted octanol–water partition coefficient (Wildman–Crippen LogP) is 2.66. The molecule has 0 saturated carbocycles. The Balaban J connectivity index is 2.15. The van der Waals surface area contributed by atoms with E-state index in [9.17, 15) is 8.42 Å². The summed E-state index contributed by atoms with van der Waals surface area (Å²) in [6, 6.07) is 7.36. The molecule has 0 aliphatic carbocycles. The van der Waals surface area contributed by atoms with Gasteiger partial charge in [0.05, 0.1) is 12.4 Å². The summed E-state index contributed by atoms with van der Waals surface area (Å²) >= 11 is 0.